The van der Waals surface area contributed by atoms with E-state index in [2.05, 4.69) is 294 Å². The number of nitrogens with zero attached hydrogens (tertiary/aromatic N) is 2. The van der Waals surface area contributed by atoms with Crippen molar-refractivity contribution in [1.29, 1.82) is 0 Å². The van der Waals surface area contributed by atoms with Gasteiger partial charge in [-0.3, -0.25) is 0 Å². The van der Waals surface area contributed by atoms with Gasteiger partial charge in [0.1, 0.15) is 0 Å². The standard InChI is InChI=1S/C72H58N2/c1-71(2,3)56-34-39-59(55-43-54(48-20-11-8-12-21-48)44-57(45-55)72(4,5)6)68(46-56)73(58-35-28-49(29-36-58)53-23-17-22-52(42-53)47-18-9-7-10-19-47)66-40-32-50-31-38-63-67(41-33-51-30-37-62(66)69(50)70(51)63)74-64-26-15-13-24-60(64)61-25-14-16-27-65(61)74/h7-46H,1-6H3. The van der Waals surface area contributed by atoms with E-state index in [1.54, 1.807) is 0 Å². The number of para-hydroxylation sites is 2. The van der Waals surface area contributed by atoms with Gasteiger partial charge in [-0.05, 0) is 137 Å². The van der Waals surface area contributed by atoms with Crippen LogP contribution in [0.4, 0.5) is 17.1 Å². The van der Waals surface area contributed by atoms with Gasteiger partial charge >= 0.3 is 0 Å². The van der Waals surface area contributed by atoms with Gasteiger partial charge in [0.25, 0.3) is 0 Å². The molecular weight excluding hydrogens is 893 g/mol. The maximum Gasteiger partial charge on any atom is 0.0543 e. The summed E-state index contributed by atoms with van der Waals surface area (Å²) < 4.78 is 2.47. The zero-order valence-electron chi connectivity index (χ0n) is 43.0. The molecule has 0 spiro atoms. The second-order valence-corrected chi connectivity index (χ2v) is 22.2. The van der Waals surface area contributed by atoms with Gasteiger partial charge in [0.05, 0.1) is 28.1 Å². The summed E-state index contributed by atoms with van der Waals surface area (Å²) in [5.41, 5.74) is 19.0. The molecule has 0 atom stereocenters. The number of hydrogen-bond donors (Lipinski definition) is 0. The Hall–Kier alpha value is -8.72. The van der Waals surface area contributed by atoms with E-state index in [1.807, 2.05) is 0 Å². The summed E-state index contributed by atoms with van der Waals surface area (Å²) in [6.07, 6.45) is 0. The Balaban J connectivity index is 1.07. The van der Waals surface area contributed by atoms with Crippen LogP contribution in [0.1, 0.15) is 52.7 Å². The van der Waals surface area contributed by atoms with Crippen molar-refractivity contribution < 1.29 is 0 Å². The molecule has 74 heavy (non-hydrogen) atoms. The van der Waals surface area contributed by atoms with Crippen molar-refractivity contribution >= 4 is 71.2 Å². The molecule has 1 heterocycles. The van der Waals surface area contributed by atoms with Gasteiger partial charge in [-0.25, -0.2) is 0 Å². The molecule has 0 bridgehead atoms. The number of fused-ring (bicyclic) bond motifs is 3. The van der Waals surface area contributed by atoms with Crippen molar-refractivity contribution in [2.75, 3.05) is 4.90 Å². The first-order valence-corrected chi connectivity index (χ1v) is 26.1. The highest BCUT2D eigenvalue weighted by Gasteiger charge is 2.26. The van der Waals surface area contributed by atoms with Crippen molar-refractivity contribution in [3.05, 3.63) is 254 Å². The van der Waals surface area contributed by atoms with Crippen molar-refractivity contribution in [1.82, 2.24) is 4.57 Å². The van der Waals surface area contributed by atoms with Crippen molar-refractivity contribution in [3.63, 3.8) is 0 Å². The van der Waals surface area contributed by atoms with E-state index in [1.165, 1.54) is 115 Å². The topological polar surface area (TPSA) is 8.17 Å². The number of benzene rings is 12. The third-order valence-corrected chi connectivity index (χ3v) is 15.4. The molecule has 2 nitrogen and oxygen atoms in total. The smallest absolute Gasteiger partial charge is 0.0543 e. The lowest BCUT2D eigenvalue weighted by Crippen LogP contribution is -2.16. The Kier molecular flexibility index (Phi) is 10.7. The molecule has 0 fully saturated rings. The van der Waals surface area contributed by atoms with Gasteiger partial charge in [0.2, 0.25) is 0 Å². The van der Waals surface area contributed by atoms with E-state index in [0.717, 1.165) is 17.1 Å². The van der Waals surface area contributed by atoms with Crippen LogP contribution >= 0.6 is 0 Å². The summed E-state index contributed by atoms with van der Waals surface area (Å²) >= 11 is 0. The summed E-state index contributed by atoms with van der Waals surface area (Å²) in [7, 11) is 0. The summed E-state index contributed by atoms with van der Waals surface area (Å²) in [5, 5.41) is 9.98. The Morgan fingerprint density at radius 2 is 0.811 bits per heavy atom. The van der Waals surface area contributed by atoms with Gasteiger partial charge in [-0.15, -0.1) is 0 Å². The average Bonchev–Trinajstić information content (AvgIpc) is 3.77. The van der Waals surface area contributed by atoms with Crippen LogP contribution in [0.25, 0.3) is 104 Å². The molecule has 0 aliphatic heterocycles. The van der Waals surface area contributed by atoms with Crippen LogP contribution in [0.15, 0.2) is 243 Å². The highest BCUT2D eigenvalue weighted by Crippen LogP contribution is 2.50. The molecule has 0 N–H and O–H groups in total. The molecule has 0 aliphatic carbocycles. The molecule has 0 unspecified atom stereocenters. The van der Waals surface area contributed by atoms with E-state index in [-0.39, 0.29) is 10.8 Å². The van der Waals surface area contributed by atoms with Crippen LogP contribution in [0, 0.1) is 0 Å². The number of anilines is 3. The van der Waals surface area contributed by atoms with Crippen molar-refractivity contribution in [2.45, 2.75) is 52.4 Å². The highest BCUT2D eigenvalue weighted by molar-refractivity contribution is 6.27. The fourth-order valence-corrected chi connectivity index (χ4v) is 11.5. The molecule has 0 saturated carbocycles. The second-order valence-electron chi connectivity index (χ2n) is 22.2. The van der Waals surface area contributed by atoms with E-state index in [4.69, 9.17) is 0 Å². The van der Waals surface area contributed by atoms with Gasteiger partial charge in [0.15, 0.2) is 0 Å². The fourth-order valence-electron chi connectivity index (χ4n) is 11.5. The Labute approximate surface area is 434 Å². The van der Waals surface area contributed by atoms with Crippen LogP contribution in [0.2, 0.25) is 0 Å². The molecule has 13 rings (SSSR count). The molecule has 0 aliphatic rings. The SMILES string of the molecule is CC(C)(C)c1cc(-c2ccccc2)cc(-c2ccc(C(C)(C)C)cc2N(c2ccc(-c3cccc(-c4ccccc4)c3)cc2)c2ccc3ccc4c(-n5c6ccccc6c6ccccc65)ccc5ccc2c3c54)c1. The molecule has 2 heteroatoms. The van der Waals surface area contributed by atoms with E-state index in [9.17, 15) is 0 Å². The van der Waals surface area contributed by atoms with Crippen LogP contribution < -0.4 is 4.90 Å². The molecule has 0 radical (unpaired) electrons. The summed E-state index contributed by atoms with van der Waals surface area (Å²) in [5.74, 6) is 0. The molecule has 1 aromatic heterocycles. The van der Waals surface area contributed by atoms with Crippen molar-refractivity contribution in [3.8, 4) is 50.2 Å². The number of rotatable bonds is 8. The zero-order valence-corrected chi connectivity index (χ0v) is 43.0. The zero-order chi connectivity index (χ0) is 50.3. The van der Waals surface area contributed by atoms with Crippen LogP contribution in [-0.2, 0) is 10.8 Å². The normalized spacial score (nSPS) is 12.2. The van der Waals surface area contributed by atoms with Gasteiger partial charge < -0.3 is 9.47 Å². The lowest BCUT2D eigenvalue weighted by atomic mass is 9.82. The summed E-state index contributed by atoms with van der Waals surface area (Å²) in [6.45, 7) is 14.0. The van der Waals surface area contributed by atoms with E-state index < -0.39 is 0 Å². The first-order chi connectivity index (χ1) is 36.0. The highest BCUT2D eigenvalue weighted by atomic mass is 15.1. The van der Waals surface area contributed by atoms with E-state index >= 15 is 0 Å². The minimum atomic E-state index is -0.110. The summed E-state index contributed by atoms with van der Waals surface area (Å²) in [6, 6.07) is 90.6. The molecule has 0 amide bonds. The molecule has 13 aromatic rings. The Bertz CT molecular complexity index is 4190. The predicted molar refractivity (Wildman–Crippen MR) is 318 cm³/mol. The van der Waals surface area contributed by atoms with Gasteiger partial charge in [-0.2, -0.15) is 0 Å². The lowest BCUT2D eigenvalue weighted by molar-refractivity contribution is 0.590. The van der Waals surface area contributed by atoms with Crippen molar-refractivity contribution in [2.24, 2.45) is 0 Å². The van der Waals surface area contributed by atoms with Gasteiger partial charge in [0, 0.05) is 32.8 Å². The maximum absolute atomic E-state index is 2.56. The molecule has 356 valence electrons. The molecule has 12 aromatic carbocycles. The second kappa shape index (κ2) is 17.5. The third-order valence-electron chi connectivity index (χ3n) is 15.4. The monoisotopic (exact) mass is 950 g/mol. The predicted octanol–water partition coefficient (Wildman–Crippen LogP) is 20.4. The maximum atomic E-state index is 2.56. The first kappa shape index (κ1) is 45.2. The number of hydrogen-bond acceptors (Lipinski definition) is 1. The molecular formula is C72H58N2. The van der Waals surface area contributed by atoms with Crippen LogP contribution in [-0.4, -0.2) is 4.57 Å². The van der Waals surface area contributed by atoms with E-state index in [0.29, 0.717) is 0 Å². The average molecular weight is 951 g/mol. The minimum absolute atomic E-state index is 0.0808. The number of aromatic nitrogens is 1. The van der Waals surface area contributed by atoms with Crippen LogP contribution in [0.5, 0.6) is 0 Å². The lowest BCUT2D eigenvalue weighted by Gasteiger charge is -2.32. The largest absolute Gasteiger partial charge is 0.309 e. The quantitative estimate of drug-likeness (QED) is 0.138. The van der Waals surface area contributed by atoms with Gasteiger partial charge in [-0.1, -0.05) is 230 Å². The molecule has 0 saturated heterocycles. The fraction of sp³-hybridized carbons (Fsp3) is 0.111. The Morgan fingerprint density at radius 1 is 0.311 bits per heavy atom. The minimum Gasteiger partial charge on any atom is -0.309 e. The van der Waals surface area contributed by atoms with Crippen LogP contribution in [0.3, 0.4) is 0 Å². The Morgan fingerprint density at radius 3 is 1.45 bits per heavy atom. The summed E-state index contributed by atoms with van der Waals surface area (Å²) in [4.78, 5) is 2.56. The first-order valence-electron chi connectivity index (χ1n) is 26.1. The third kappa shape index (κ3) is 7.72.